The van der Waals surface area contributed by atoms with Gasteiger partial charge in [0.1, 0.15) is 17.7 Å². The number of nitrogens with one attached hydrogen (secondary N) is 1. The molecule has 0 aliphatic heterocycles. The molecule has 0 atom stereocenters. The van der Waals surface area contributed by atoms with Crippen molar-refractivity contribution in [2.24, 2.45) is 0 Å². The molecule has 2 aromatic carbocycles. The third-order valence-corrected chi connectivity index (χ3v) is 3.48. The number of anilines is 2. The Morgan fingerprint density at radius 2 is 2.09 bits per heavy atom. The zero-order chi connectivity index (χ0) is 16.7. The number of nitrogen functional groups attached to an aromatic ring is 1. The summed E-state index contributed by atoms with van der Waals surface area (Å²) < 4.78 is 18.6. The van der Waals surface area contributed by atoms with Crippen molar-refractivity contribution in [1.82, 2.24) is 4.72 Å². The monoisotopic (exact) mass is 329 g/mol. The summed E-state index contributed by atoms with van der Waals surface area (Å²) >= 11 is 1.02. The number of carbonyl (C=O) groups excluding carboxylic acids is 1. The van der Waals surface area contributed by atoms with Crippen LogP contribution in [0.4, 0.5) is 15.8 Å². The number of hydrogen-bond acceptors (Lipinski definition) is 8. The van der Waals surface area contributed by atoms with Crippen LogP contribution < -0.4 is 14.8 Å². The minimum Gasteiger partial charge on any atom is -0.506 e. The third kappa shape index (κ3) is 3.77. The molecule has 2 rings (SSSR count). The number of benzene rings is 2. The quantitative estimate of drug-likeness (QED) is 0.186. The number of nitrogens with two attached hydrogens (primary N) is 1. The molecule has 0 heterocycles. The molecular weight excluding hydrogens is 313 g/mol. The van der Waals surface area contributed by atoms with Crippen LogP contribution in [0.3, 0.4) is 0 Å². The van der Waals surface area contributed by atoms with Crippen molar-refractivity contribution < 1.29 is 24.8 Å². The van der Waals surface area contributed by atoms with Crippen molar-refractivity contribution in [1.29, 1.82) is 0 Å². The van der Waals surface area contributed by atoms with Crippen LogP contribution >= 0.6 is 12.1 Å². The molecule has 0 saturated heterocycles. The molecule has 6 N–H and O–H groups in total. The summed E-state index contributed by atoms with van der Waals surface area (Å²) in [5, 5.41) is 22.9. The predicted octanol–water partition coefficient (Wildman–Crippen LogP) is 2.07. The highest BCUT2D eigenvalue weighted by molar-refractivity contribution is 7.98. The van der Waals surface area contributed by atoms with E-state index < -0.39 is 5.82 Å². The highest BCUT2D eigenvalue weighted by atomic mass is 32.2. The average molecular weight is 329 g/mol. The number of phenols is 1. The number of phenolic OH excluding ortho intramolecular Hbond substituents is 1. The van der Waals surface area contributed by atoms with E-state index in [1.54, 1.807) is 25.2 Å². The SMILES string of the molecule is CNSN(CC=O)c1c(O)cc2cc(N)ccc2c1F.OO. The Hall–Kier alpha value is -2.07. The van der Waals surface area contributed by atoms with Crippen molar-refractivity contribution in [3.05, 3.63) is 30.1 Å². The van der Waals surface area contributed by atoms with Gasteiger partial charge in [0.25, 0.3) is 0 Å². The first kappa shape index (κ1) is 18.0. The van der Waals surface area contributed by atoms with Gasteiger partial charge in [-0.05, 0) is 36.7 Å². The van der Waals surface area contributed by atoms with Gasteiger partial charge >= 0.3 is 0 Å². The van der Waals surface area contributed by atoms with E-state index in [1.807, 2.05) is 0 Å². The van der Waals surface area contributed by atoms with E-state index in [4.69, 9.17) is 16.2 Å². The molecule has 22 heavy (non-hydrogen) atoms. The van der Waals surface area contributed by atoms with E-state index in [-0.39, 0.29) is 18.0 Å². The molecule has 0 aliphatic carbocycles. The molecule has 7 nitrogen and oxygen atoms in total. The Morgan fingerprint density at radius 3 is 2.68 bits per heavy atom. The minimum absolute atomic E-state index is 0.0336. The van der Waals surface area contributed by atoms with Gasteiger partial charge in [-0.1, -0.05) is 0 Å². The molecule has 0 unspecified atom stereocenters. The second kappa shape index (κ2) is 8.39. The fourth-order valence-electron chi connectivity index (χ4n) is 1.95. The van der Waals surface area contributed by atoms with Gasteiger partial charge in [0.2, 0.25) is 0 Å². The van der Waals surface area contributed by atoms with Gasteiger partial charge in [0.05, 0.1) is 6.54 Å². The van der Waals surface area contributed by atoms with Crippen molar-refractivity contribution >= 4 is 40.6 Å². The Labute approximate surface area is 130 Å². The number of halogens is 1. The van der Waals surface area contributed by atoms with Gasteiger partial charge in [-0.2, -0.15) is 0 Å². The normalized spacial score (nSPS) is 10.0. The maximum Gasteiger partial charge on any atom is 0.159 e. The lowest BCUT2D eigenvalue weighted by atomic mass is 10.1. The van der Waals surface area contributed by atoms with Crippen LogP contribution in [0.1, 0.15) is 0 Å². The molecule has 120 valence electrons. The lowest BCUT2D eigenvalue weighted by molar-refractivity contribution is -0.176. The lowest BCUT2D eigenvalue weighted by Crippen LogP contribution is -2.22. The third-order valence-electron chi connectivity index (χ3n) is 2.75. The van der Waals surface area contributed by atoms with E-state index in [0.29, 0.717) is 22.7 Å². The lowest BCUT2D eigenvalue weighted by Gasteiger charge is -2.22. The fraction of sp³-hybridized carbons (Fsp3) is 0.154. The molecule has 0 bridgehead atoms. The highest BCUT2D eigenvalue weighted by Crippen LogP contribution is 2.38. The Kier molecular flexibility index (Phi) is 6.86. The van der Waals surface area contributed by atoms with E-state index in [9.17, 15) is 14.3 Å². The van der Waals surface area contributed by atoms with Crippen LogP contribution in [-0.4, -0.2) is 35.5 Å². The molecule has 0 aliphatic rings. The van der Waals surface area contributed by atoms with Crippen LogP contribution in [-0.2, 0) is 4.79 Å². The number of carbonyl (C=O) groups is 1. The summed E-state index contributed by atoms with van der Waals surface area (Å²) in [6, 6.07) is 6.14. The molecule has 0 saturated carbocycles. The number of hydrogen-bond donors (Lipinski definition) is 5. The fourth-order valence-corrected chi connectivity index (χ4v) is 2.57. The minimum atomic E-state index is -0.593. The number of aromatic hydroxyl groups is 1. The zero-order valence-electron chi connectivity index (χ0n) is 11.7. The van der Waals surface area contributed by atoms with Crippen LogP contribution in [0.25, 0.3) is 10.8 Å². The Balaban J connectivity index is 0.00000116. The van der Waals surface area contributed by atoms with Gasteiger partial charge in [-0.3, -0.25) is 14.8 Å². The van der Waals surface area contributed by atoms with Gasteiger partial charge in [0, 0.05) is 23.2 Å². The Bertz CT molecular complexity index is 657. The summed E-state index contributed by atoms with van der Waals surface area (Å²) in [5.74, 6) is -0.838. The molecule has 0 amide bonds. The number of aldehydes is 1. The number of nitrogens with zero attached hydrogens (tertiary/aromatic N) is 1. The maximum atomic E-state index is 14.6. The van der Waals surface area contributed by atoms with Crippen LogP contribution in [0.5, 0.6) is 5.75 Å². The molecule has 9 heteroatoms. The summed E-state index contributed by atoms with van der Waals surface area (Å²) in [4.78, 5) is 10.7. The average Bonchev–Trinajstić information content (AvgIpc) is 2.49. The molecule has 0 fully saturated rings. The first-order valence-corrected chi connectivity index (χ1v) is 6.81. The zero-order valence-corrected chi connectivity index (χ0v) is 12.5. The first-order chi connectivity index (χ1) is 10.6. The standard InChI is InChI=1S/C13H14FN3O2S.H2O2/c1-16-20-17(4-5-18)13-11(19)7-8-6-9(15)2-3-10(8)12(13)14;1-2/h2-3,5-7,16,19H,4,15H2,1H3;1-2H. The van der Waals surface area contributed by atoms with Crippen molar-refractivity contribution in [3.8, 4) is 5.75 Å². The van der Waals surface area contributed by atoms with Crippen LogP contribution in [0.2, 0.25) is 0 Å². The smallest absolute Gasteiger partial charge is 0.159 e. The van der Waals surface area contributed by atoms with Crippen molar-refractivity contribution in [2.75, 3.05) is 23.6 Å². The summed E-state index contributed by atoms with van der Waals surface area (Å²) in [6.07, 6.45) is 0.635. The van der Waals surface area contributed by atoms with Gasteiger partial charge in [-0.15, -0.1) is 0 Å². The highest BCUT2D eigenvalue weighted by Gasteiger charge is 2.19. The summed E-state index contributed by atoms with van der Waals surface area (Å²) in [7, 11) is 1.64. The van der Waals surface area contributed by atoms with Gasteiger partial charge < -0.3 is 15.6 Å². The topological polar surface area (TPSA) is 119 Å². The van der Waals surface area contributed by atoms with Gasteiger partial charge in [-0.25, -0.2) is 9.11 Å². The maximum absolute atomic E-state index is 14.6. The van der Waals surface area contributed by atoms with Crippen LogP contribution in [0.15, 0.2) is 24.3 Å². The van der Waals surface area contributed by atoms with Crippen LogP contribution in [0, 0.1) is 5.82 Å². The van der Waals surface area contributed by atoms with Crippen molar-refractivity contribution in [3.63, 3.8) is 0 Å². The van der Waals surface area contributed by atoms with E-state index in [1.165, 1.54) is 10.4 Å². The molecule has 2 aromatic rings. The van der Waals surface area contributed by atoms with E-state index in [0.717, 1.165) is 12.1 Å². The first-order valence-electron chi connectivity index (χ1n) is 6.04. The van der Waals surface area contributed by atoms with E-state index >= 15 is 0 Å². The summed E-state index contributed by atoms with van der Waals surface area (Å²) in [5.41, 5.74) is 6.09. The van der Waals surface area contributed by atoms with E-state index in [2.05, 4.69) is 4.72 Å². The molecular formula is C13H16FN3O4S. The Morgan fingerprint density at radius 1 is 1.41 bits per heavy atom. The molecule has 0 spiro atoms. The summed E-state index contributed by atoms with van der Waals surface area (Å²) in [6.45, 7) is -0.0591. The number of fused-ring (bicyclic) bond motifs is 1. The predicted molar refractivity (Wildman–Crippen MR) is 85.3 cm³/mol. The second-order valence-electron chi connectivity index (χ2n) is 4.06. The molecule has 0 aromatic heterocycles. The van der Waals surface area contributed by atoms with Gasteiger partial charge in [0.15, 0.2) is 5.82 Å². The number of rotatable bonds is 5. The van der Waals surface area contributed by atoms with Crippen molar-refractivity contribution in [2.45, 2.75) is 0 Å². The largest absolute Gasteiger partial charge is 0.506 e. The second-order valence-corrected chi connectivity index (χ2v) is 5.09. The molecule has 0 radical (unpaired) electrons.